The van der Waals surface area contributed by atoms with Crippen LogP contribution in [0.25, 0.3) is 0 Å². The fraction of sp³-hybridized carbons (Fsp3) is 0.583. The zero-order chi connectivity index (χ0) is 10.9. The van der Waals surface area contributed by atoms with Crippen molar-refractivity contribution in [3.63, 3.8) is 0 Å². The summed E-state index contributed by atoms with van der Waals surface area (Å²) < 4.78 is 0.941. The second kappa shape index (κ2) is 7.57. The van der Waals surface area contributed by atoms with Crippen LogP contribution >= 0.6 is 11.8 Å². The molecule has 0 aromatic carbocycles. The van der Waals surface area contributed by atoms with Gasteiger partial charge in [0.2, 0.25) is 0 Å². The Balaban J connectivity index is 2.12. The Morgan fingerprint density at radius 2 is 2.00 bits per heavy atom. The third kappa shape index (κ3) is 5.07. The first-order chi connectivity index (χ1) is 7.34. The Hall–Kier alpha value is -0.700. The molecule has 0 amide bonds. The second-order valence-corrected chi connectivity index (χ2v) is 4.74. The van der Waals surface area contributed by atoms with Gasteiger partial charge in [0, 0.05) is 17.9 Å². The number of hydrogen-bond acceptors (Lipinski definition) is 2. The van der Waals surface area contributed by atoms with E-state index in [1.165, 1.54) is 32.1 Å². The highest BCUT2D eigenvalue weighted by molar-refractivity contribution is 7.99. The van der Waals surface area contributed by atoms with E-state index >= 15 is 0 Å². The van der Waals surface area contributed by atoms with Crippen LogP contribution in [-0.4, -0.2) is 5.75 Å². The lowest BCUT2D eigenvalue weighted by Crippen LogP contribution is -2.27. The maximum atomic E-state index is 11.3. The third-order valence-corrected chi connectivity index (χ3v) is 3.39. The van der Waals surface area contributed by atoms with Gasteiger partial charge in [-0.3, -0.25) is 0 Å². The van der Waals surface area contributed by atoms with Gasteiger partial charge in [0.05, 0.1) is 0 Å². The number of thioether (sulfide) groups is 1. The maximum absolute atomic E-state index is 11.3. The lowest BCUT2D eigenvalue weighted by molar-refractivity contribution is -0.645. The quantitative estimate of drug-likeness (QED) is 0.308. The van der Waals surface area contributed by atoms with E-state index in [4.69, 9.17) is 0 Å². The monoisotopic (exact) mass is 225 g/mol. The predicted octanol–water partition coefficient (Wildman–Crippen LogP) is 3.38. The summed E-state index contributed by atoms with van der Waals surface area (Å²) in [5, 5.41) is 12.1. The summed E-state index contributed by atoms with van der Waals surface area (Å²) in [4.78, 5) is 0. The first-order valence-electron chi connectivity index (χ1n) is 5.65. The molecule has 84 valence electrons. The summed E-state index contributed by atoms with van der Waals surface area (Å²) in [5.74, 6) is 1.05. The number of pyridine rings is 1. The topological polar surface area (TPSA) is 26.9 Å². The highest BCUT2D eigenvalue weighted by Crippen LogP contribution is 2.15. The van der Waals surface area contributed by atoms with Gasteiger partial charge >= 0.3 is 0 Å². The fourth-order valence-electron chi connectivity index (χ4n) is 1.41. The van der Waals surface area contributed by atoms with Gasteiger partial charge < -0.3 is 5.21 Å². The van der Waals surface area contributed by atoms with Crippen LogP contribution < -0.4 is 4.73 Å². The molecule has 0 bridgehead atoms. The molecule has 0 radical (unpaired) electrons. The van der Waals surface area contributed by atoms with E-state index in [0.717, 1.165) is 15.5 Å². The summed E-state index contributed by atoms with van der Waals surface area (Å²) in [7, 11) is 0. The Morgan fingerprint density at radius 3 is 2.73 bits per heavy atom. The van der Waals surface area contributed by atoms with Crippen molar-refractivity contribution in [3.8, 4) is 0 Å². The molecule has 0 N–H and O–H groups in total. The highest BCUT2D eigenvalue weighted by atomic mass is 32.2. The van der Waals surface area contributed by atoms with Gasteiger partial charge in [-0.15, -0.1) is 0 Å². The van der Waals surface area contributed by atoms with E-state index in [1.807, 2.05) is 12.1 Å². The minimum absolute atomic E-state index is 0.813. The molecule has 0 saturated carbocycles. The minimum Gasteiger partial charge on any atom is -0.618 e. The van der Waals surface area contributed by atoms with Crippen molar-refractivity contribution in [2.45, 2.75) is 44.1 Å². The van der Waals surface area contributed by atoms with Crippen LogP contribution in [0.15, 0.2) is 29.4 Å². The molecule has 0 unspecified atom stereocenters. The average Bonchev–Trinajstić information content (AvgIpc) is 2.25. The van der Waals surface area contributed by atoms with Gasteiger partial charge in [-0.2, -0.15) is 4.73 Å². The predicted molar refractivity (Wildman–Crippen MR) is 64.9 cm³/mol. The first-order valence-corrected chi connectivity index (χ1v) is 6.64. The van der Waals surface area contributed by atoms with Gasteiger partial charge in [0.15, 0.2) is 6.20 Å². The molecule has 0 aliphatic heterocycles. The number of rotatable bonds is 7. The highest BCUT2D eigenvalue weighted by Gasteiger charge is 2.02. The summed E-state index contributed by atoms with van der Waals surface area (Å²) in [6, 6.07) is 5.55. The smallest absolute Gasteiger partial charge is 0.251 e. The Kier molecular flexibility index (Phi) is 6.25. The molecule has 1 aromatic heterocycles. The number of nitrogens with zero attached hydrogens (tertiary/aromatic N) is 1. The van der Waals surface area contributed by atoms with E-state index < -0.39 is 0 Å². The lowest BCUT2D eigenvalue weighted by Gasteiger charge is -2.02. The standard InChI is InChI=1S/C12H19NOS/c1-2-3-4-5-8-11-15-12-9-6-7-10-13(12)14/h6-7,9-10H,2-5,8,11H2,1H3. The van der Waals surface area contributed by atoms with Gasteiger partial charge in [-0.05, 0) is 12.5 Å². The average molecular weight is 225 g/mol. The van der Waals surface area contributed by atoms with Gasteiger partial charge in [0.1, 0.15) is 0 Å². The van der Waals surface area contributed by atoms with Crippen LogP contribution in [0.4, 0.5) is 0 Å². The number of unbranched alkanes of at least 4 members (excludes halogenated alkanes) is 4. The van der Waals surface area contributed by atoms with Crippen LogP contribution in [0.5, 0.6) is 0 Å². The minimum atomic E-state index is 0.813. The third-order valence-electron chi connectivity index (χ3n) is 2.29. The van der Waals surface area contributed by atoms with Crippen molar-refractivity contribution < 1.29 is 4.73 Å². The largest absolute Gasteiger partial charge is 0.618 e. The van der Waals surface area contributed by atoms with E-state index in [2.05, 4.69) is 6.92 Å². The van der Waals surface area contributed by atoms with Crippen molar-refractivity contribution in [1.82, 2.24) is 0 Å². The van der Waals surface area contributed by atoms with Crippen LogP contribution in [0.1, 0.15) is 39.0 Å². The fourth-order valence-corrected chi connectivity index (χ4v) is 2.33. The van der Waals surface area contributed by atoms with E-state index in [1.54, 1.807) is 24.0 Å². The molecule has 3 heteroatoms. The van der Waals surface area contributed by atoms with Crippen LogP contribution in [0.2, 0.25) is 0 Å². The molecule has 0 aliphatic rings. The van der Waals surface area contributed by atoms with E-state index in [9.17, 15) is 5.21 Å². The molecule has 1 aromatic rings. The summed E-state index contributed by atoms with van der Waals surface area (Å²) in [5.41, 5.74) is 0. The van der Waals surface area contributed by atoms with E-state index in [0.29, 0.717) is 0 Å². The first kappa shape index (κ1) is 12.4. The lowest BCUT2D eigenvalue weighted by atomic mass is 10.2. The number of aromatic nitrogens is 1. The summed E-state index contributed by atoms with van der Waals surface area (Å²) in [6.07, 6.45) is 7.98. The van der Waals surface area contributed by atoms with Crippen molar-refractivity contribution in [2.24, 2.45) is 0 Å². The molecule has 0 fully saturated rings. The van der Waals surface area contributed by atoms with Crippen molar-refractivity contribution in [2.75, 3.05) is 5.75 Å². The van der Waals surface area contributed by atoms with Crippen molar-refractivity contribution in [3.05, 3.63) is 29.6 Å². The molecule has 0 saturated heterocycles. The summed E-state index contributed by atoms with van der Waals surface area (Å²) >= 11 is 1.66. The molecule has 0 aliphatic carbocycles. The SMILES string of the molecule is CCCCCCCSc1cccc[n+]1[O-]. The van der Waals surface area contributed by atoms with Gasteiger partial charge in [-0.25, -0.2) is 0 Å². The molecule has 1 heterocycles. The van der Waals surface area contributed by atoms with Crippen molar-refractivity contribution >= 4 is 11.8 Å². The Morgan fingerprint density at radius 1 is 1.20 bits per heavy atom. The molecule has 15 heavy (non-hydrogen) atoms. The molecule has 0 spiro atoms. The normalized spacial score (nSPS) is 10.5. The second-order valence-electron chi connectivity index (χ2n) is 3.63. The molecule has 2 nitrogen and oxygen atoms in total. The van der Waals surface area contributed by atoms with E-state index in [-0.39, 0.29) is 0 Å². The molecule has 1 rings (SSSR count). The van der Waals surface area contributed by atoms with Gasteiger partial charge in [0.25, 0.3) is 5.03 Å². The maximum Gasteiger partial charge on any atom is 0.251 e. The molecular formula is C12H19NOS. The van der Waals surface area contributed by atoms with Crippen LogP contribution in [0, 0.1) is 5.21 Å². The zero-order valence-electron chi connectivity index (χ0n) is 9.32. The molecule has 0 atom stereocenters. The molecular weight excluding hydrogens is 206 g/mol. The zero-order valence-corrected chi connectivity index (χ0v) is 10.1. The van der Waals surface area contributed by atoms with Gasteiger partial charge in [-0.1, -0.05) is 44.4 Å². The van der Waals surface area contributed by atoms with Crippen LogP contribution in [-0.2, 0) is 0 Å². The number of hydrogen-bond donors (Lipinski definition) is 0. The summed E-state index contributed by atoms with van der Waals surface area (Å²) in [6.45, 7) is 2.22. The Bertz CT molecular complexity index is 278. The van der Waals surface area contributed by atoms with Crippen LogP contribution in [0.3, 0.4) is 0 Å². The Labute approximate surface area is 96.3 Å². The van der Waals surface area contributed by atoms with Crippen molar-refractivity contribution in [1.29, 1.82) is 0 Å².